The second-order valence-electron chi connectivity index (χ2n) is 7.33. The quantitative estimate of drug-likeness (QED) is 0.786. The van der Waals surface area contributed by atoms with E-state index in [1.54, 1.807) is 16.2 Å². The molecule has 2 aromatic heterocycles. The fourth-order valence-electron chi connectivity index (χ4n) is 4.16. The Kier molecular flexibility index (Phi) is 5.24. The molecule has 8 heteroatoms. The number of carbonyl (C=O) groups is 2. The van der Waals surface area contributed by atoms with E-state index in [0.717, 1.165) is 44.0 Å². The van der Waals surface area contributed by atoms with E-state index in [-0.39, 0.29) is 17.7 Å². The molecule has 0 radical (unpaired) electrons. The Morgan fingerprint density at radius 3 is 2.78 bits per heavy atom. The Balaban J connectivity index is 1.35. The summed E-state index contributed by atoms with van der Waals surface area (Å²) < 4.78 is 2.17. The van der Waals surface area contributed by atoms with Gasteiger partial charge in [0.15, 0.2) is 0 Å². The second-order valence-corrected chi connectivity index (χ2v) is 8.04. The number of likely N-dealkylation sites (tertiary alicyclic amines) is 2. The van der Waals surface area contributed by atoms with Crippen LogP contribution in [-0.2, 0) is 16.1 Å². The molecule has 2 fully saturated rings. The van der Waals surface area contributed by atoms with Crippen molar-refractivity contribution in [1.29, 1.82) is 0 Å². The first kappa shape index (κ1) is 18.2. The lowest BCUT2D eigenvalue weighted by Crippen LogP contribution is -2.42. The minimum atomic E-state index is -0.166. The van der Waals surface area contributed by atoms with E-state index in [2.05, 4.69) is 19.9 Å². The van der Waals surface area contributed by atoms with Crippen LogP contribution in [0.15, 0.2) is 23.3 Å². The second kappa shape index (κ2) is 7.80. The highest BCUT2D eigenvalue weighted by molar-refractivity contribution is 7.07. The van der Waals surface area contributed by atoms with Crippen molar-refractivity contribution in [1.82, 2.24) is 24.3 Å². The average molecular weight is 388 g/mol. The van der Waals surface area contributed by atoms with E-state index in [9.17, 15) is 9.59 Å². The third-order valence-electron chi connectivity index (χ3n) is 5.68. The zero-order chi connectivity index (χ0) is 18.8. The van der Waals surface area contributed by atoms with E-state index in [1.807, 2.05) is 29.7 Å². The Hall–Kier alpha value is -2.22. The van der Waals surface area contributed by atoms with E-state index < -0.39 is 0 Å². The first-order valence-electron chi connectivity index (χ1n) is 9.60. The number of piperidine rings is 1. The molecule has 2 saturated heterocycles. The van der Waals surface area contributed by atoms with Crippen LogP contribution in [0.5, 0.6) is 0 Å². The van der Waals surface area contributed by atoms with Gasteiger partial charge in [0.2, 0.25) is 11.8 Å². The molecule has 2 aromatic rings. The minimum Gasteiger partial charge on any atom is -0.342 e. The molecule has 144 valence electrons. The highest BCUT2D eigenvalue weighted by atomic mass is 32.1. The van der Waals surface area contributed by atoms with Gasteiger partial charge in [-0.25, -0.2) is 9.97 Å². The number of aromatic nitrogens is 3. The molecule has 0 saturated carbocycles. The number of rotatable bonds is 5. The Morgan fingerprint density at radius 1 is 1.30 bits per heavy atom. The maximum absolute atomic E-state index is 12.8. The van der Waals surface area contributed by atoms with Crippen LogP contribution in [0.1, 0.15) is 43.6 Å². The maximum Gasteiger partial charge on any atom is 0.227 e. The molecule has 7 nitrogen and oxygen atoms in total. The van der Waals surface area contributed by atoms with Gasteiger partial charge >= 0.3 is 0 Å². The molecular weight excluding hydrogens is 362 g/mol. The topological polar surface area (TPSA) is 71.3 Å². The van der Waals surface area contributed by atoms with Crippen molar-refractivity contribution >= 4 is 23.2 Å². The minimum absolute atomic E-state index is 0.106. The van der Waals surface area contributed by atoms with Crippen molar-refractivity contribution in [2.75, 3.05) is 26.2 Å². The van der Waals surface area contributed by atoms with Crippen LogP contribution in [0, 0.1) is 5.92 Å². The van der Waals surface area contributed by atoms with Crippen LogP contribution in [0.3, 0.4) is 0 Å². The summed E-state index contributed by atoms with van der Waals surface area (Å²) in [5.41, 5.74) is 2.90. The highest BCUT2D eigenvalue weighted by Crippen LogP contribution is 2.29. The monoisotopic (exact) mass is 387 g/mol. The fraction of sp³-hybridized carbons (Fsp3) is 0.579. The zero-order valence-corrected chi connectivity index (χ0v) is 16.4. The molecule has 0 spiro atoms. The van der Waals surface area contributed by atoms with Crippen LogP contribution < -0.4 is 0 Å². The summed E-state index contributed by atoms with van der Waals surface area (Å²) in [6, 6.07) is 0. The summed E-state index contributed by atoms with van der Waals surface area (Å²) in [5.74, 6) is 1.53. The van der Waals surface area contributed by atoms with Gasteiger partial charge in [0.25, 0.3) is 0 Å². The number of nitrogens with zero attached hydrogens (tertiary/aromatic N) is 5. The summed E-state index contributed by atoms with van der Waals surface area (Å²) in [7, 11) is 0. The van der Waals surface area contributed by atoms with Crippen LogP contribution >= 0.6 is 11.3 Å². The van der Waals surface area contributed by atoms with Crippen LogP contribution in [-0.4, -0.2) is 62.3 Å². The van der Waals surface area contributed by atoms with Crippen molar-refractivity contribution in [2.24, 2.45) is 5.92 Å². The standard InChI is InChI=1S/C19H25N5O2S/c1-2-22-10-15(9-17(22)25)19(26)23-6-3-14(4-7-23)18-20-5-8-24(18)11-16-12-27-13-21-16/h5,8,12-15H,2-4,6-7,9-11H2,1H3/t15-/m1/s1. The summed E-state index contributed by atoms with van der Waals surface area (Å²) in [6.45, 7) is 5.45. The van der Waals surface area contributed by atoms with E-state index in [4.69, 9.17) is 0 Å². The van der Waals surface area contributed by atoms with Gasteiger partial charge in [0, 0.05) is 56.3 Å². The van der Waals surface area contributed by atoms with Gasteiger partial charge in [-0.3, -0.25) is 9.59 Å². The van der Waals surface area contributed by atoms with Crippen LogP contribution in [0.25, 0.3) is 0 Å². The number of amides is 2. The summed E-state index contributed by atoms with van der Waals surface area (Å²) in [4.78, 5) is 37.4. The van der Waals surface area contributed by atoms with Crippen LogP contribution in [0.2, 0.25) is 0 Å². The lowest BCUT2D eigenvalue weighted by Gasteiger charge is -2.33. The molecular formula is C19H25N5O2S. The Bertz CT molecular complexity index is 795. The third kappa shape index (κ3) is 3.76. The lowest BCUT2D eigenvalue weighted by molar-refractivity contribution is -0.136. The summed E-state index contributed by atoms with van der Waals surface area (Å²) in [6.07, 6.45) is 6.05. The summed E-state index contributed by atoms with van der Waals surface area (Å²) in [5, 5.41) is 2.06. The number of imidazole rings is 1. The predicted octanol–water partition coefficient (Wildman–Crippen LogP) is 1.96. The smallest absolute Gasteiger partial charge is 0.227 e. The van der Waals surface area contributed by atoms with Gasteiger partial charge in [-0.1, -0.05) is 0 Å². The largest absolute Gasteiger partial charge is 0.342 e. The van der Waals surface area contributed by atoms with Gasteiger partial charge in [-0.15, -0.1) is 11.3 Å². The molecule has 1 atom stereocenters. The van der Waals surface area contributed by atoms with Crippen molar-refractivity contribution in [2.45, 2.75) is 38.6 Å². The molecule has 0 bridgehead atoms. The third-order valence-corrected chi connectivity index (χ3v) is 6.32. The molecule has 0 aromatic carbocycles. The zero-order valence-electron chi connectivity index (χ0n) is 15.6. The molecule has 2 aliphatic rings. The van der Waals surface area contributed by atoms with Crippen molar-refractivity contribution in [3.63, 3.8) is 0 Å². The first-order chi connectivity index (χ1) is 13.2. The molecule has 0 unspecified atom stereocenters. The van der Waals surface area contributed by atoms with E-state index >= 15 is 0 Å². The first-order valence-corrected chi connectivity index (χ1v) is 10.5. The molecule has 2 amide bonds. The van der Waals surface area contributed by atoms with Gasteiger partial charge in [-0.05, 0) is 19.8 Å². The van der Waals surface area contributed by atoms with E-state index in [1.165, 1.54) is 0 Å². The fourth-order valence-corrected chi connectivity index (χ4v) is 4.71. The normalized spacial score (nSPS) is 21.2. The van der Waals surface area contributed by atoms with E-state index in [0.29, 0.717) is 25.4 Å². The average Bonchev–Trinajstić information content (AvgIpc) is 3.43. The predicted molar refractivity (Wildman–Crippen MR) is 102 cm³/mol. The van der Waals surface area contributed by atoms with Crippen molar-refractivity contribution in [3.05, 3.63) is 34.8 Å². The van der Waals surface area contributed by atoms with Crippen LogP contribution in [0.4, 0.5) is 0 Å². The van der Waals surface area contributed by atoms with Crippen molar-refractivity contribution < 1.29 is 9.59 Å². The summed E-state index contributed by atoms with van der Waals surface area (Å²) >= 11 is 1.60. The van der Waals surface area contributed by atoms with Gasteiger partial charge in [-0.2, -0.15) is 0 Å². The van der Waals surface area contributed by atoms with Crippen molar-refractivity contribution in [3.8, 4) is 0 Å². The molecule has 0 N–H and O–H groups in total. The molecule has 2 aliphatic heterocycles. The number of carbonyl (C=O) groups excluding carboxylic acids is 2. The van der Waals surface area contributed by atoms with Gasteiger partial charge in [0.05, 0.1) is 23.7 Å². The molecule has 27 heavy (non-hydrogen) atoms. The molecule has 0 aliphatic carbocycles. The highest BCUT2D eigenvalue weighted by Gasteiger charge is 2.37. The molecule has 4 heterocycles. The maximum atomic E-state index is 12.8. The lowest BCUT2D eigenvalue weighted by atomic mass is 9.94. The SMILES string of the molecule is CCN1C[C@H](C(=O)N2CCC(c3nccn3Cc3cscn3)CC2)CC1=O. The number of hydrogen-bond acceptors (Lipinski definition) is 5. The molecule has 4 rings (SSSR count). The number of thiazole rings is 1. The van der Waals surface area contributed by atoms with Gasteiger partial charge < -0.3 is 14.4 Å². The van der Waals surface area contributed by atoms with Gasteiger partial charge in [0.1, 0.15) is 5.82 Å². The Labute approximate surface area is 163 Å². The number of hydrogen-bond donors (Lipinski definition) is 0. The Morgan fingerprint density at radius 2 is 2.11 bits per heavy atom.